The third kappa shape index (κ3) is 4.26. The van der Waals surface area contributed by atoms with Crippen molar-refractivity contribution in [3.8, 4) is 17.0 Å². The van der Waals surface area contributed by atoms with Gasteiger partial charge in [-0.05, 0) is 60.7 Å². The smallest absolute Gasteiger partial charge is 0.306 e. The molecule has 2 aromatic carbocycles. The average molecular weight is 429 g/mol. The summed E-state index contributed by atoms with van der Waals surface area (Å²) < 4.78 is 6.01. The molecule has 0 amide bonds. The SMILES string of the molecule is Cc1cc(-c2ccc3c(n2)CCN(C2CC(C(=O)O)C2)C3)ccc1OCc1ccccc1. The fraction of sp³-hybridized carbons (Fsp3) is 0.333. The Kier molecular flexibility index (Phi) is 5.66. The van der Waals surface area contributed by atoms with Gasteiger partial charge in [0.15, 0.2) is 0 Å². The largest absolute Gasteiger partial charge is 0.489 e. The van der Waals surface area contributed by atoms with E-state index in [-0.39, 0.29) is 5.92 Å². The number of fused-ring (bicyclic) bond motifs is 1. The molecule has 5 rings (SSSR count). The summed E-state index contributed by atoms with van der Waals surface area (Å²) in [5.41, 5.74) is 6.77. The molecular weight excluding hydrogens is 400 g/mol. The molecule has 1 saturated carbocycles. The highest BCUT2D eigenvalue weighted by molar-refractivity contribution is 5.71. The van der Waals surface area contributed by atoms with E-state index in [0.29, 0.717) is 12.6 Å². The van der Waals surface area contributed by atoms with Crippen molar-refractivity contribution in [2.45, 2.75) is 45.4 Å². The third-order valence-corrected chi connectivity index (χ3v) is 6.76. The number of aromatic nitrogens is 1. The van der Waals surface area contributed by atoms with E-state index < -0.39 is 5.97 Å². The van der Waals surface area contributed by atoms with E-state index in [2.05, 4.69) is 48.2 Å². The van der Waals surface area contributed by atoms with Crippen LogP contribution in [-0.4, -0.2) is 33.5 Å². The molecule has 1 N–H and O–H groups in total. The number of benzene rings is 2. The van der Waals surface area contributed by atoms with Gasteiger partial charge in [-0.15, -0.1) is 0 Å². The van der Waals surface area contributed by atoms with Crippen molar-refractivity contribution in [3.63, 3.8) is 0 Å². The van der Waals surface area contributed by atoms with Crippen molar-refractivity contribution >= 4 is 5.97 Å². The zero-order chi connectivity index (χ0) is 22.1. The van der Waals surface area contributed by atoms with E-state index in [4.69, 9.17) is 14.8 Å². The maximum Gasteiger partial charge on any atom is 0.306 e. The first-order chi connectivity index (χ1) is 15.6. The van der Waals surface area contributed by atoms with Gasteiger partial charge < -0.3 is 9.84 Å². The minimum absolute atomic E-state index is 0.162. The van der Waals surface area contributed by atoms with Gasteiger partial charge in [0.05, 0.1) is 11.6 Å². The molecule has 164 valence electrons. The summed E-state index contributed by atoms with van der Waals surface area (Å²) in [7, 11) is 0. The van der Waals surface area contributed by atoms with Crippen LogP contribution in [0.5, 0.6) is 5.75 Å². The number of rotatable bonds is 6. The zero-order valence-electron chi connectivity index (χ0n) is 18.3. The van der Waals surface area contributed by atoms with E-state index in [1.54, 1.807) is 0 Å². The van der Waals surface area contributed by atoms with Gasteiger partial charge in [0.25, 0.3) is 0 Å². The zero-order valence-corrected chi connectivity index (χ0v) is 18.3. The molecule has 5 nitrogen and oxygen atoms in total. The second-order valence-electron chi connectivity index (χ2n) is 8.94. The summed E-state index contributed by atoms with van der Waals surface area (Å²) in [6, 6.07) is 21.1. The summed E-state index contributed by atoms with van der Waals surface area (Å²) in [6.45, 7) is 4.45. The van der Waals surface area contributed by atoms with Gasteiger partial charge >= 0.3 is 5.97 Å². The molecule has 0 radical (unpaired) electrons. The van der Waals surface area contributed by atoms with Gasteiger partial charge in [0, 0.05) is 36.8 Å². The molecule has 1 aromatic heterocycles. The van der Waals surface area contributed by atoms with Crippen molar-refractivity contribution in [1.29, 1.82) is 0 Å². The fourth-order valence-electron chi connectivity index (χ4n) is 4.70. The number of pyridine rings is 1. The number of nitrogens with zero attached hydrogens (tertiary/aromatic N) is 2. The fourth-order valence-corrected chi connectivity index (χ4v) is 4.70. The third-order valence-electron chi connectivity index (χ3n) is 6.76. The van der Waals surface area contributed by atoms with E-state index in [0.717, 1.165) is 66.2 Å². The number of hydrogen-bond donors (Lipinski definition) is 1. The Bertz CT molecular complexity index is 1120. The Hall–Kier alpha value is -3.18. The first-order valence-electron chi connectivity index (χ1n) is 11.3. The van der Waals surface area contributed by atoms with Crippen molar-refractivity contribution < 1.29 is 14.6 Å². The summed E-state index contributed by atoms with van der Waals surface area (Å²) in [6.07, 6.45) is 2.46. The molecule has 1 fully saturated rings. The van der Waals surface area contributed by atoms with E-state index in [9.17, 15) is 4.79 Å². The molecule has 0 atom stereocenters. The molecule has 2 aliphatic rings. The van der Waals surface area contributed by atoms with Crippen LogP contribution in [0.4, 0.5) is 0 Å². The van der Waals surface area contributed by atoms with Gasteiger partial charge in [-0.1, -0.05) is 36.4 Å². The van der Waals surface area contributed by atoms with Crippen molar-refractivity contribution in [1.82, 2.24) is 9.88 Å². The lowest BCUT2D eigenvalue weighted by Gasteiger charge is -2.43. The predicted octanol–water partition coefficient (Wildman–Crippen LogP) is 4.86. The summed E-state index contributed by atoms with van der Waals surface area (Å²) in [5.74, 6) is 0.0768. The molecule has 0 saturated heterocycles. The first kappa shape index (κ1) is 20.7. The topological polar surface area (TPSA) is 62.7 Å². The van der Waals surface area contributed by atoms with Gasteiger partial charge in [-0.3, -0.25) is 14.7 Å². The molecule has 32 heavy (non-hydrogen) atoms. The van der Waals surface area contributed by atoms with Crippen LogP contribution in [0.1, 0.15) is 35.2 Å². The highest BCUT2D eigenvalue weighted by atomic mass is 16.5. The lowest BCUT2D eigenvalue weighted by molar-refractivity contribution is -0.147. The Labute approximate surface area is 188 Å². The van der Waals surface area contributed by atoms with Crippen LogP contribution < -0.4 is 4.74 Å². The highest BCUT2D eigenvalue weighted by Crippen LogP contribution is 2.35. The molecule has 0 spiro atoms. The number of hydrogen-bond acceptors (Lipinski definition) is 4. The van der Waals surface area contributed by atoms with Crippen LogP contribution in [0, 0.1) is 12.8 Å². The minimum Gasteiger partial charge on any atom is -0.489 e. The first-order valence-corrected chi connectivity index (χ1v) is 11.3. The number of ether oxygens (including phenoxy) is 1. The van der Waals surface area contributed by atoms with Crippen LogP contribution in [0.3, 0.4) is 0 Å². The predicted molar refractivity (Wildman–Crippen MR) is 123 cm³/mol. The molecule has 5 heteroatoms. The van der Waals surface area contributed by atoms with Gasteiger partial charge in [0.1, 0.15) is 12.4 Å². The summed E-state index contributed by atoms with van der Waals surface area (Å²) in [4.78, 5) is 18.5. The lowest BCUT2D eigenvalue weighted by atomic mass is 9.78. The van der Waals surface area contributed by atoms with Crippen LogP contribution in [0.15, 0.2) is 60.7 Å². The Morgan fingerprint density at radius 3 is 2.69 bits per heavy atom. The number of carbonyl (C=O) groups is 1. The van der Waals surface area contributed by atoms with Gasteiger partial charge in [0.2, 0.25) is 0 Å². The van der Waals surface area contributed by atoms with E-state index in [1.807, 2.05) is 24.3 Å². The van der Waals surface area contributed by atoms with Crippen LogP contribution in [0.2, 0.25) is 0 Å². The standard InChI is InChI=1S/C27H28N2O3/c1-18-13-20(8-10-26(18)32-17-19-5-3-2-4-6-19)24-9-7-21-16-29(12-11-25(21)28-24)23-14-22(15-23)27(30)31/h2-10,13,22-23H,11-12,14-17H2,1H3,(H,30,31). The normalized spacial score (nSPS) is 20.3. The lowest BCUT2D eigenvalue weighted by Crippen LogP contribution is -2.48. The van der Waals surface area contributed by atoms with E-state index in [1.165, 1.54) is 5.56 Å². The van der Waals surface area contributed by atoms with E-state index >= 15 is 0 Å². The second-order valence-corrected chi connectivity index (χ2v) is 8.94. The maximum absolute atomic E-state index is 11.1. The van der Waals surface area contributed by atoms with Crippen LogP contribution in [0.25, 0.3) is 11.3 Å². The molecule has 0 bridgehead atoms. The van der Waals surface area contributed by atoms with Crippen LogP contribution >= 0.6 is 0 Å². The minimum atomic E-state index is -0.656. The summed E-state index contributed by atoms with van der Waals surface area (Å²) in [5, 5.41) is 9.13. The number of aryl methyl sites for hydroxylation is 1. The Morgan fingerprint density at radius 1 is 1.12 bits per heavy atom. The molecular formula is C27H28N2O3. The van der Waals surface area contributed by atoms with Crippen molar-refractivity contribution in [3.05, 3.63) is 83.0 Å². The Morgan fingerprint density at radius 2 is 1.94 bits per heavy atom. The second kappa shape index (κ2) is 8.75. The molecule has 2 heterocycles. The molecule has 0 unspecified atom stereocenters. The molecule has 3 aromatic rings. The van der Waals surface area contributed by atoms with Gasteiger partial charge in [-0.2, -0.15) is 0 Å². The van der Waals surface area contributed by atoms with Gasteiger partial charge in [-0.25, -0.2) is 0 Å². The number of carboxylic acids is 1. The van der Waals surface area contributed by atoms with Crippen molar-refractivity contribution in [2.75, 3.05) is 6.54 Å². The van der Waals surface area contributed by atoms with Crippen molar-refractivity contribution in [2.24, 2.45) is 5.92 Å². The number of carboxylic acid groups (broad SMARTS) is 1. The Balaban J connectivity index is 1.25. The molecule has 1 aliphatic heterocycles. The average Bonchev–Trinajstić information content (AvgIpc) is 2.77. The number of aliphatic carboxylic acids is 1. The highest BCUT2D eigenvalue weighted by Gasteiger charge is 2.38. The quantitative estimate of drug-likeness (QED) is 0.608. The maximum atomic E-state index is 11.1. The monoisotopic (exact) mass is 428 g/mol. The molecule has 1 aliphatic carbocycles. The van der Waals surface area contributed by atoms with Crippen LogP contribution in [-0.2, 0) is 24.4 Å². The summed E-state index contributed by atoms with van der Waals surface area (Å²) >= 11 is 0.